The van der Waals surface area contributed by atoms with Crippen molar-refractivity contribution in [2.75, 3.05) is 12.3 Å². The van der Waals surface area contributed by atoms with Crippen LogP contribution in [-0.4, -0.2) is 32.9 Å². The van der Waals surface area contributed by atoms with Gasteiger partial charge in [0.25, 0.3) is 0 Å². The predicted molar refractivity (Wildman–Crippen MR) is 86.4 cm³/mol. The lowest BCUT2D eigenvalue weighted by molar-refractivity contribution is -0.171. The standard InChI is InChI=1S/C17H26N4O2/c1-10-2-15(18)21(20-10)8-16(22)19-9-17(23)13-4-11-3-12(6-13)7-14(17)5-11/h2,11-14,23H,3-9,18H2,1H3,(H,19,22). The molecule has 1 aromatic rings. The second kappa shape index (κ2) is 5.23. The van der Waals surface area contributed by atoms with Crippen LogP contribution in [0.15, 0.2) is 6.07 Å². The zero-order valence-electron chi connectivity index (χ0n) is 13.7. The number of rotatable bonds is 4. The first-order valence-corrected chi connectivity index (χ1v) is 8.73. The van der Waals surface area contributed by atoms with E-state index in [4.69, 9.17) is 5.73 Å². The SMILES string of the molecule is Cc1cc(N)n(CC(=O)NCC2(O)C3CC4CC(C3)CC2C4)n1. The molecule has 6 heteroatoms. The molecule has 1 heterocycles. The van der Waals surface area contributed by atoms with E-state index in [1.165, 1.54) is 11.1 Å². The third-order valence-corrected chi connectivity index (χ3v) is 6.35. The molecule has 4 aliphatic carbocycles. The van der Waals surface area contributed by atoms with Gasteiger partial charge in [-0.15, -0.1) is 0 Å². The Labute approximate surface area is 136 Å². The van der Waals surface area contributed by atoms with E-state index in [1.54, 1.807) is 6.07 Å². The molecule has 0 spiro atoms. The van der Waals surface area contributed by atoms with Crippen molar-refractivity contribution in [1.82, 2.24) is 15.1 Å². The van der Waals surface area contributed by atoms with Crippen molar-refractivity contribution in [3.63, 3.8) is 0 Å². The quantitative estimate of drug-likeness (QED) is 0.774. The zero-order chi connectivity index (χ0) is 16.2. The number of nitrogens with zero attached hydrogens (tertiary/aromatic N) is 2. The molecule has 1 amide bonds. The zero-order valence-corrected chi connectivity index (χ0v) is 13.7. The van der Waals surface area contributed by atoms with Gasteiger partial charge in [-0.3, -0.25) is 4.79 Å². The molecule has 126 valence electrons. The van der Waals surface area contributed by atoms with Gasteiger partial charge in [0.05, 0.1) is 11.3 Å². The average Bonchev–Trinajstić information content (AvgIpc) is 2.80. The summed E-state index contributed by atoms with van der Waals surface area (Å²) >= 11 is 0. The van der Waals surface area contributed by atoms with Crippen LogP contribution in [-0.2, 0) is 11.3 Å². The third-order valence-electron chi connectivity index (χ3n) is 6.35. The molecule has 0 atom stereocenters. The smallest absolute Gasteiger partial charge is 0.241 e. The molecule has 4 bridgehead atoms. The fourth-order valence-electron chi connectivity index (χ4n) is 5.41. The molecule has 0 aromatic carbocycles. The van der Waals surface area contributed by atoms with Gasteiger partial charge in [0.2, 0.25) is 5.91 Å². The molecule has 5 rings (SSSR count). The van der Waals surface area contributed by atoms with Crippen molar-refractivity contribution in [3.05, 3.63) is 11.8 Å². The van der Waals surface area contributed by atoms with Gasteiger partial charge in [-0.05, 0) is 62.7 Å². The minimum absolute atomic E-state index is 0.107. The number of nitrogens with two attached hydrogens (primary N) is 1. The molecule has 6 nitrogen and oxygen atoms in total. The number of carbonyl (C=O) groups excluding carboxylic acids is 1. The van der Waals surface area contributed by atoms with Gasteiger partial charge in [0.1, 0.15) is 12.4 Å². The van der Waals surface area contributed by atoms with E-state index in [9.17, 15) is 9.90 Å². The second-order valence-electron chi connectivity index (χ2n) is 7.94. The molecule has 0 unspecified atom stereocenters. The average molecular weight is 318 g/mol. The number of nitrogen functional groups attached to an aromatic ring is 1. The second-order valence-corrected chi connectivity index (χ2v) is 7.94. The van der Waals surface area contributed by atoms with Gasteiger partial charge < -0.3 is 16.2 Å². The molecule has 4 saturated carbocycles. The maximum absolute atomic E-state index is 12.2. The third kappa shape index (κ3) is 2.53. The molecule has 4 fully saturated rings. The first-order valence-electron chi connectivity index (χ1n) is 8.73. The first kappa shape index (κ1) is 15.0. The summed E-state index contributed by atoms with van der Waals surface area (Å²) in [5, 5.41) is 18.3. The van der Waals surface area contributed by atoms with Crippen LogP contribution in [0.5, 0.6) is 0 Å². The van der Waals surface area contributed by atoms with E-state index < -0.39 is 5.60 Å². The van der Waals surface area contributed by atoms with Crippen LogP contribution in [0.2, 0.25) is 0 Å². The lowest BCUT2D eigenvalue weighted by Crippen LogP contribution is -2.62. The number of amides is 1. The number of carbonyl (C=O) groups is 1. The largest absolute Gasteiger partial charge is 0.387 e. The molecule has 4 aliphatic rings. The molecule has 0 aliphatic heterocycles. The Morgan fingerprint density at radius 2 is 1.96 bits per heavy atom. The summed E-state index contributed by atoms with van der Waals surface area (Å²) in [7, 11) is 0. The molecule has 4 N–H and O–H groups in total. The lowest BCUT2D eigenvalue weighted by Gasteiger charge is -2.58. The topological polar surface area (TPSA) is 93.2 Å². The van der Waals surface area contributed by atoms with E-state index >= 15 is 0 Å². The van der Waals surface area contributed by atoms with Crippen molar-refractivity contribution in [1.29, 1.82) is 0 Å². The lowest BCUT2D eigenvalue weighted by atomic mass is 9.50. The maximum atomic E-state index is 12.2. The molecule has 23 heavy (non-hydrogen) atoms. The van der Waals surface area contributed by atoms with Gasteiger partial charge in [-0.1, -0.05) is 0 Å². The van der Waals surface area contributed by atoms with Gasteiger partial charge >= 0.3 is 0 Å². The summed E-state index contributed by atoms with van der Waals surface area (Å²) < 4.78 is 1.51. The van der Waals surface area contributed by atoms with E-state index in [-0.39, 0.29) is 12.5 Å². The number of hydrogen-bond acceptors (Lipinski definition) is 4. The fourth-order valence-corrected chi connectivity index (χ4v) is 5.41. The van der Waals surface area contributed by atoms with E-state index in [0.29, 0.717) is 24.2 Å². The summed E-state index contributed by atoms with van der Waals surface area (Å²) in [6, 6.07) is 1.75. The molecule has 1 aromatic heterocycles. The highest BCUT2D eigenvalue weighted by atomic mass is 16.3. The van der Waals surface area contributed by atoms with E-state index in [1.807, 2.05) is 6.92 Å². The van der Waals surface area contributed by atoms with Crippen molar-refractivity contribution in [3.8, 4) is 0 Å². The van der Waals surface area contributed by atoms with Gasteiger partial charge in [0, 0.05) is 12.6 Å². The molecular weight excluding hydrogens is 292 g/mol. The van der Waals surface area contributed by atoms with Crippen LogP contribution >= 0.6 is 0 Å². The van der Waals surface area contributed by atoms with Crippen LogP contribution in [0, 0.1) is 30.6 Å². The Kier molecular flexibility index (Phi) is 3.41. The molecule has 0 saturated heterocycles. The Morgan fingerprint density at radius 3 is 2.48 bits per heavy atom. The van der Waals surface area contributed by atoms with Gasteiger partial charge in [0.15, 0.2) is 0 Å². The minimum atomic E-state index is -0.714. The number of anilines is 1. The van der Waals surface area contributed by atoms with Crippen LogP contribution in [0.1, 0.15) is 37.8 Å². The number of hydrogen-bond donors (Lipinski definition) is 3. The maximum Gasteiger partial charge on any atom is 0.241 e. The highest BCUT2D eigenvalue weighted by molar-refractivity contribution is 5.76. The van der Waals surface area contributed by atoms with Crippen LogP contribution < -0.4 is 11.1 Å². The van der Waals surface area contributed by atoms with Crippen LogP contribution in [0.25, 0.3) is 0 Å². The number of nitrogens with one attached hydrogen (secondary N) is 1. The number of aliphatic hydroxyl groups is 1. The van der Waals surface area contributed by atoms with Crippen molar-refractivity contribution < 1.29 is 9.90 Å². The van der Waals surface area contributed by atoms with Crippen molar-refractivity contribution >= 4 is 11.7 Å². The number of aromatic nitrogens is 2. The first-order chi connectivity index (χ1) is 10.9. The van der Waals surface area contributed by atoms with Crippen LogP contribution in [0.3, 0.4) is 0 Å². The monoisotopic (exact) mass is 318 g/mol. The van der Waals surface area contributed by atoms with Gasteiger partial charge in [-0.25, -0.2) is 4.68 Å². The minimum Gasteiger partial charge on any atom is -0.387 e. The molecular formula is C17H26N4O2. The Bertz CT molecular complexity index is 596. The fraction of sp³-hybridized carbons (Fsp3) is 0.765. The van der Waals surface area contributed by atoms with Crippen LogP contribution in [0.4, 0.5) is 5.82 Å². The van der Waals surface area contributed by atoms with Crippen molar-refractivity contribution in [2.45, 2.75) is 51.2 Å². The highest BCUT2D eigenvalue weighted by Gasteiger charge is 2.56. The Morgan fingerprint density at radius 1 is 1.35 bits per heavy atom. The normalized spacial score (nSPS) is 38.0. The van der Waals surface area contributed by atoms with E-state index in [2.05, 4.69) is 10.4 Å². The predicted octanol–water partition coefficient (Wildman–Crippen LogP) is 1.08. The van der Waals surface area contributed by atoms with E-state index in [0.717, 1.165) is 43.2 Å². The van der Waals surface area contributed by atoms with Gasteiger partial charge in [-0.2, -0.15) is 5.10 Å². The summed E-state index contributed by atoms with van der Waals surface area (Å²) in [5.74, 6) is 2.68. The Hall–Kier alpha value is -1.56. The Balaban J connectivity index is 1.38. The molecule has 0 radical (unpaired) electrons. The summed E-state index contributed by atoms with van der Waals surface area (Å²) in [6.07, 6.45) is 5.87. The summed E-state index contributed by atoms with van der Waals surface area (Å²) in [5.41, 5.74) is 5.91. The summed E-state index contributed by atoms with van der Waals surface area (Å²) in [4.78, 5) is 12.2. The highest BCUT2D eigenvalue weighted by Crippen LogP contribution is 2.58. The number of aryl methyl sites for hydroxylation is 1. The summed E-state index contributed by atoms with van der Waals surface area (Å²) in [6.45, 7) is 2.32. The van der Waals surface area contributed by atoms with Crippen molar-refractivity contribution in [2.24, 2.45) is 23.7 Å².